The van der Waals surface area contributed by atoms with Crippen LogP contribution in [0.1, 0.15) is 31.7 Å². The summed E-state index contributed by atoms with van der Waals surface area (Å²) in [6.07, 6.45) is 6.71. The minimum absolute atomic E-state index is 0.164. The van der Waals surface area contributed by atoms with Crippen molar-refractivity contribution < 1.29 is 9.53 Å². The van der Waals surface area contributed by atoms with Crippen LogP contribution in [0, 0.1) is 0 Å². The van der Waals surface area contributed by atoms with Gasteiger partial charge in [0.1, 0.15) is 0 Å². The molecule has 2 N–H and O–H groups in total. The van der Waals surface area contributed by atoms with Gasteiger partial charge < -0.3 is 15.4 Å². The molecule has 0 unspecified atom stereocenters. The van der Waals surface area contributed by atoms with Crippen LogP contribution in [0.5, 0.6) is 0 Å². The van der Waals surface area contributed by atoms with Crippen molar-refractivity contribution in [2.24, 2.45) is 4.99 Å². The summed E-state index contributed by atoms with van der Waals surface area (Å²) in [5.74, 6) is 0.645. The second-order valence-electron chi connectivity index (χ2n) is 6.09. The number of nitrogens with zero attached hydrogens (tertiary/aromatic N) is 3. The quantitative estimate of drug-likeness (QED) is 0.290. The maximum Gasteiger partial charge on any atom is 0.305 e. The Morgan fingerprint density at radius 1 is 1.22 bits per heavy atom. The molecule has 0 atom stereocenters. The summed E-state index contributed by atoms with van der Waals surface area (Å²) in [7, 11) is 1.42. The average molecular weight is 371 g/mol. The van der Waals surface area contributed by atoms with E-state index in [2.05, 4.69) is 49.7 Å². The summed E-state index contributed by atoms with van der Waals surface area (Å²) in [6.45, 7) is 4.34. The molecular weight excluding hydrogens is 342 g/mol. The van der Waals surface area contributed by atoms with Crippen LogP contribution in [-0.4, -0.2) is 48.5 Å². The van der Waals surface area contributed by atoms with Crippen LogP contribution in [0.2, 0.25) is 0 Å². The van der Waals surface area contributed by atoms with E-state index in [1.54, 1.807) is 6.20 Å². The SMILES string of the molecule is CCNC(=NCCCCC(=O)OC)NCCc1ccc(-n2cccn2)cc1. The highest BCUT2D eigenvalue weighted by atomic mass is 16.5. The maximum absolute atomic E-state index is 11.1. The first kappa shape index (κ1) is 20.5. The Hall–Kier alpha value is -2.83. The molecule has 2 aromatic rings. The minimum Gasteiger partial charge on any atom is -0.469 e. The third-order valence-corrected chi connectivity index (χ3v) is 4.04. The number of esters is 1. The zero-order chi connectivity index (χ0) is 19.3. The molecule has 1 aromatic carbocycles. The van der Waals surface area contributed by atoms with Crippen molar-refractivity contribution in [1.29, 1.82) is 0 Å². The second-order valence-corrected chi connectivity index (χ2v) is 6.09. The predicted octanol–water partition coefficient (Wildman–Crippen LogP) is 2.31. The molecule has 146 valence electrons. The van der Waals surface area contributed by atoms with E-state index in [0.29, 0.717) is 13.0 Å². The van der Waals surface area contributed by atoms with E-state index < -0.39 is 0 Å². The fourth-order valence-electron chi connectivity index (χ4n) is 2.58. The number of aliphatic imine (C=N–C) groups is 1. The number of carbonyl (C=O) groups excluding carboxylic acids is 1. The number of rotatable bonds is 10. The number of hydrogen-bond acceptors (Lipinski definition) is 4. The lowest BCUT2D eigenvalue weighted by Crippen LogP contribution is -2.38. The van der Waals surface area contributed by atoms with Crippen molar-refractivity contribution in [1.82, 2.24) is 20.4 Å². The van der Waals surface area contributed by atoms with Gasteiger partial charge in [-0.2, -0.15) is 5.10 Å². The number of nitrogens with one attached hydrogen (secondary N) is 2. The summed E-state index contributed by atoms with van der Waals surface area (Å²) in [5.41, 5.74) is 2.31. The molecule has 0 aliphatic rings. The molecule has 7 nitrogen and oxygen atoms in total. The van der Waals surface area contributed by atoms with Gasteiger partial charge in [0.05, 0.1) is 12.8 Å². The van der Waals surface area contributed by atoms with Crippen molar-refractivity contribution in [3.63, 3.8) is 0 Å². The van der Waals surface area contributed by atoms with Crippen molar-refractivity contribution >= 4 is 11.9 Å². The molecule has 7 heteroatoms. The third-order valence-electron chi connectivity index (χ3n) is 4.04. The van der Waals surface area contributed by atoms with E-state index in [1.165, 1.54) is 12.7 Å². The van der Waals surface area contributed by atoms with Gasteiger partial charge in [-0.1, -0.05) is 12.1 Å². The molecule has 27 heavy (non-hydrogen) atoms. The van der Waals surface area contributed by atoms with E-state index in [1.807, 2.05) is 23.9 Å². The van der Waals surface area contributed by atoms with Crippen molar-refractivity contribution in [2.75, 3.05) is 26.7 Å². The third kappa shape index (κ3) is 7.52. The van der Waals surface area contributed by atoms with Crippen LogP contribution in [0.15, 0.2) is 47.7 Å². The fourth-order valence-corrected chi connectivity index (χ4v) is 2.58. The smallest absolute Gasteiger partial charge is 0.305 e. The zero-order valence-corrected chi connectivity index (χ0v) is 16.1. The van der Waals surface area contributed by atoms with Crippen LogP contribution in [-0.2, 0) is 16.0 Å². The number of carbonyl (C=O) groups is 1. The Morgan fingerprint density at radius 3 is 2.70 bits per heavy atom. The molecular formula is C20H29N5O2. The number of ether oxygens (including phenoxy) is 1. The number of hydrogen-bond donors (Lipinski definition) is 2. The van der Waals surface area contributed by atoms with E-state index in [9.17, 15) is 4.79 Å². The molecule has 0 spiro atoms. The van der Waals surface area contributed by atoms with Crippen LogP contribution < -0.4 is 10.6 Å². The largest absolute Gasteiger partial charge is 0.469 e. The summed E-state index contributed by atoms with van der Waals surface area (Å²) in [6, 6.07) is 10.3. The maximum atomic E-state index is 11.1. The Morgan fingerprint density at radius 2 is 2.04 bits per heavy atom. The number of benzene rings is 1. The van der Waals surface area contributed by atoms with Gasteiger partial charge in [0.25, 0.3) is 0 Å². The summed E-state index contributed by atoms with van der Waals surface area (Å²) in [4.78, 5) is 15.6. The molecule has 0 radical (unpaired) electrons. The Bertz CT molecular complexity index is 696. The van der Waals surface area contributed by atoms with Crippen LogP contribution in [0.4, 0.5) is 0 Å². The monoisotopic (exact) mass is 371 g/mol. The summed E-state index contributed by atoms with van der Waals surface area (Å²) in [5, 5.41) is 10.8. The first-order chi connectivity index (χ1) is 13.2. The van der Waals surface area contributed by atoms with Crippen molar-refractivity contribution in [3.05, 3.63) is 48.3 Å². The molecule has 0 bridgehead atoms. The summed E-state index contributed by atoms with van der Waals surface area (Å²) >= 11 is 0. The average Bonchev–Trinajstić information content (AvgIpc) is 3.22. The topological polar surface area (TPSA) is 80.5 Å². The van der Waals surface area contributed by atoms with Gasteiger partial charge in [0.2, 0.25) is 0 Å². The lowest BCUT2D eigenvalue weighted by Gasteiger charge is -2.11. The van der Waals surface area contributed by atoms with E-state index in [4.69, 9.17) is 0 Å². The highest BCUT2D eigenvalue weighted by Crippen LogP contribution is 2.08. The van der Waals surface area contributed by atoms with Gasteiger partial charge >= 0.3 is 5.97 Å². The number of methoxy groups -OCH3 is 1. The molecule has 0 aliphatic heterocycles. The molecule has 1 aromatic heterocycles. The van der Waals surface area contributed by atoms with Gasteiger partial charge in [-0.25, -0.2) is 4.68 Å². The van der Waals surface area contributed by atoms with Crippen LogP contribution in [0.3, 0.4) is 0 Å². The van der Waals surface area contributed by atoms with Crippen LogP contribution >= 0.6 is 0 Å². The Balaban J connectivity index is 1.73. The molecule has 0 saturated heterocycles. The van der Waals surface area contributed by atoms with Gasteiger partial charge in [0, 0.05) is 38.4 Å². The van der Waals surface area contributed by atoms with Gasteiger partial charge in [-0.3, -0.25) is 9.79 Å². The minimum atomic E-state index is -0.164. The van der Waals surface area contributed by atoms with E-state index >= 15 is 0 Å². The number of aromatic nitrogens is 2. The normalized spacial score (nSPS) is 11.3. The van der Waals surface area contributed by atoms with E-state index in [0.717, 1.165) is 44.0 Å². The van der Waals surface area contributed by atoms with Crippen molar-refractivity contribution in [3.8, 4) is 5.69 Å². The number of unbranched alkanes of at least 4 members (excludes halogenated alkanes) is 1. The first-order valence-corrected chi connectivity index (χ1v) is 9.41. The Kier molecular flexibility index (Phi) is 8.89. The van der Waals surface area contributed by atoms with Gasteiger partial charge in [-0.05, 0) is 49.9 Å². The highest BCUT2D eigenvalue weighted by Gasteiger charge is 2.01. The van der Waals surface area contributed by atoms with Gasteiger partial charge in [-0.15, -0.1) is 0 Å². The molecule has 0 aliphatic carbocycles. The second kappa shape index (κ2) is 11.7. The molecule has 1 heterocycles. The van der Waals surface area contributed by atoms with Crippen LogP contribution in [0.25, 0.3) is 5.69 Å². The predicted molar refractivity (Wildman–Crippen MR) is 107 cm³/mol. The van der Waals surface area contributed by atoms with E-state index in [-0.39, 0.29) is 5.97 Å². The first-order valence-electron chi connectivity index (χ1n) is 9.41. The highest BCUT2D eigenvalue weighted by molar-refractivity contribution is 5.79. The fraction of sp³-hybridized carbons (Fsp3) is 0.450. The lowest BCUT2D eigenvalue weighted by atomic mass is 10.1. The molecule has 2 rings (SSSR count). The zero-order valence-electron chi connectivity index (χ0n) is 16.1. The molecule has 0 amide bonds. The lowest BCUT2D eigenvalue weighted by molar-refractivity contribution is -0.140. The summed E-state index contributed by atoms with van der Waals surface area (Å²) < 4.78 is 6.48. The standard InChI is InChI=1S/C20H29N5O2/c1-3-21-20(22-13-5-4-7-19(26)27-2)23-15-12-17-8-10-18(11-9-17)25-16-6-14-24-25/h6,8-11,14,16H,3-5,7,12-13,15H2,1-2H3,(H2,21,22,23). The van der Waals surface area contributed by atoms with Crippen molar-refractivity contribution in [2.45, 2.75) is 32.6 Å². The number of guanidine groups is 1. The molecule has 0 fully saturated rings. The molecule has 0 saturated carbocycles. The Labute approximate surface area is 160 Å². The van der Waals surface area contributed by atoms with Gasteiger partial charge in [0.15, 0.2) is 5.96 Å².